The van der Waals surface area contributed by atoms with Crippen LogP contribution in [0.25, 0.3) is 0 Å². The molecule has 0 fully saturated rings. The molecule has 1 aromatic heterocycles. The highest BCUT2D eigenvalue weighted by Gasteiger charge is 2.08. The summed E-state index contributed by atoms with van der Waals surface area (Å²) < 4.78 is 0. The Morgan fingerprint density at radius 3 is 2.94 bits per heavy atom. The van der Waals surface area contributed by atoms with Crippen molar-refractivity contribution in [1.29, 1.82) is 0 Å². The number of anilines is 2. The van der Waals surface area contributed by atoms with Crippen LogP contribution < -0.4 is 16.8 Å². The number of hydrogen-bond donors (Lipinski definition) is 3. The van der Waals surface area contributed by atoms with Gasteiger partial charge in [0.05, 0.1) is 5.51 Å². The molecule has 0 unspecified atom stereocenters. The average Bonchev–Trinajstić information content (AvgIpc) is 2.85. The normalized spacial score (nSPS) is 10.2. The summed E-state index contributed by atoms with van der Waals surface area (Å²) in [5.41, 5.74) is 15.4. The Bertz CT molecular complexity index is 524. The molecular formula is C11H12N4OS. The van der Waals surface area contributed by atoms with Crippen molar-refractivity contribution >= 4 is 28.6 Å². The maximum absolute atomic E-state index is 11.7. The third-order valence-electron chi connectivity index (χ3n) is 2.29. The van der Waals surface area contributed by atoms with E-state index >= 15 is 0 Å². The second-order valence-electron chi connectivity index (χ2n) is 3.45. The minimum Gasteiger partial charge on any atom is -0.398 e. The summed E-state index contributed by atoms with van der Waals surface area (Å²) in [7, 11) is 0. The molecule has 0 bridgehead atoms. The van der Waals surface area contributed by atoms with Gasteiger partial charge in [0.25, 0.3) is 5.91 Å². The van der Waals surface area contributed by atoms with Gasteiger partial charge in [0.15, 0.2) is 0 Å². The Balaban J connectivity index is 2.16. The molecular weight excluding hydrogens is 236 g/mol. The van der Waals surface area contributed by atoms with Crippen LogP contribution in [0.2, 0.25) is 0 Å². The standard InChI is InChI=1S/C11H12N4OS/c12-4-7-3-8(1-2-9(7)13)15-11(16)10-5-17-6-14-10/h1-3,5-6H,4,12-13H2,(H,15,16). The molecule has 0 radical (unpaired) electrons. The van der Waals surface area contributed by atoms with E-state index in [2.05, 4.69) is 10.3 Å². The van der Waals surface area contributed by atoms with Crippen molar-refractivity contribution in [2.24, 2.45) is 5.73 Å². The van der Waals surface area contributed by atoms with Crippen LogP contribution in [-0.4, -0.2) is 10.9 Å². The lowest BCUT2D eigenvalue weighted by atomic mass is 10.1. The molecule has 2 rings (SSSR count). The van der Waals surface area contributed by atoms with Gasteiger partial charge in [-0.1, -0.05) is 0 Å². The monoisotopic (exact) mass is 248 g/mol. The molecule has 0 aliphatic carbocycles. The summed E-state index contributed by atoms with van der Waals surface area (Å²) in [5, 5.41) is 4.43. The van der Waals surface area contributed by atoms with Gasteiger partial charge in [-0.05, 0) is 23.8 Å². The quantitative estimate of drug-likeness (QED) is 0.716. The molecule has 88 valence electrons. The van der Waals surface area contributed by atoms with Gasteiger partial charge in [-0.15, -0.1) is 11.3 Å². The molecule has 1 amide bonds. The first-order valence-corrected chi connectivity index (χ1v) is 5.93. The minimum absolute atomic E-state index is 0.237. The van der Waals surface area contributed by atoms with Crippen molar-refractivity contribution in [3.8, 4) is 0 Å². The molecule has 2 aromatic rings. The first-order chi connectivity index (χ1) is 8.20. The highest BCUT2D eigenvalue weighted by atomic mass is 32.1. The first-order valence-electron chi connectivity index (χ1n) is 4.98. The molecule has 1 aromatic carbocycles. The van der Waals surface area contributed by atoms with E-state index in [-0.39, 0.29) is 5.91 Å². The van der Waals surface area contributed by atoms with E-state index in [4.69, 9.17) is 11.5 Å². The van der Waals surface area contributed by atoms with E-state index in [1.54, 1.807) is 29.1 Å². The summed E-state index contributed by atoms with van der Waals surface area (Å²) in [6, 6.07) is 5.22. The SMILES string of the molecule is NCc1cc(NC(=O)c2cscn2)ccc1N. The molecule has 0 aliphatic rings. The van der Waals surface area contributed by atoms with Crippen molar-refractivity contribution in [1.82, 2.24) is 4.98 Å². The fourth-order valence-electron chi connectivity index (χ4n) is 1.38. The van der Waals surface area contributed by atoms with E-state index in [0.717, 1.165) is 5.56 Å². The van der Waals surface area contributed by atoms with Gasteiger partial charge >= 0.3 is 0 Å². The number of thiazole rings is 1. The van der Waals surface area contributed by atoms with E-state index in [0.29, 0.717) is 23.6 Å². The van der Waals surface area contributed by atoms with E-state index in [9.17, 15) is 4.79 Å². The Morgan fingerprint density at radius 2 is 2.29 bits per heavy atom. The number of rotatable bonds is 3. The summed E-state index contributed by atoms with van der Waals surface area (Å²) in [5.74, 6) is -0.237. The van der Waals surface area contributed by atoms with Crippen LogP contribution >= 0.6 is 11.3 Å². The van der Waals surface area contributed by atoms with E-state index < -0.39 is 0 Å². The Morgan fingerprint density at radius 1 is 1.47 bits per heavy atom. The maximum Gasteiger partial charge on any atom is 0.275 e. The topological polar surface area (TPSA) is 94.0 Å². The van der Waals surface area contributed by atoms with Crippen LogP contribution in [0.1, 0.15) is 16.1 Å². The third-order valence-corrected chi connectivity index (χ3v) is 2.87. The number of amides is 1. The number of nitrogens with zero attached hydrogens (tertiary/aromatic N) is 1. The molecule has 5 nitrogen and oxygen atoms in total. The largest absolute Gasteiger partial charge is 0.398 e. The van der Waals surface area contributed by atoms with Gasteiger partial charge in [-0.25, -0.2) is 4.98 Å². The smallest absolute Gasteiger partial charge is 0.275 e. The molecule has 17 heavy (non-hydrogen) atoms. The van der Waals surface area contributed by atoms with Crippen LogP contribution in [0.4, 0.5) is 11.4 Å². The zero-order valence-electron chi connectivity index (χ0n) is 9.01. The lowest BCUT2D eigenvalue weighted by molar-refractivity contribution is 0.102. The number of nitrogen functional groups attached to an aromatic ring is 1. The summed E-state index contributed by atoms with van der Waals surface area (Å²) in [6.07, 6.45) is 0. The lowest BCUT2D eigenvalue weighted by Gasteiger charge is -2.07. The number of carbonyl (C=O) groups is 1. The molecule has 1 heterocycles. The highest BCUT2D eigenvalue weighted by Crippen LogP contribution is 2.18. The zero-order valence-corrected chi connectivity index (χ0v) is 9.83. The Kier molecular flexibility index (Phi) is 3.36. The minimum atomic E-state index is -0.237. The van der Waals surface area contributed by atoms with Crippen LogP contribution in [-0.2, 0) is 6.54 Å². The third kappa shape index (κ3) is 2.61. The average molecular weight is 248 g/mol. The molecule has 0 saturated carbocycles. The number of benzene rings is 1. The second-order valence-corrected chi connectivity index (χ2v) is 4.16. The number of carbonyl (C=O) groups excluding carboxylic acids is 1. The lowest BCUT2D eigenvalue weighted by Crippen LogP contribution is -2.13. The van der Waals surface area contributed by atoms with E-state index in [1.807, 2.05) is 0 Å². The molecule has 0 atom stereocenters. The molecule has 0 aliphatic heterocycles. The Labute approximate surface area is 102 Å². The summed E-state index contributed by atoms with van der Waals surface area (Å²) in [6.45, 7) is 0.340. The van der Waals surface area contributed by atoms with Crippen molar-refractivity contribution < 1.29 is 4.79 Å². The van der Waals surface area contributed by atoms with E-state index in [1.165, 1.54) is 11.3 Å². The Hall–Kier alpha value is -1.92. The zero-order chi connectivity index (χ0) is 12.3. The van der Waals surface area contributed by atoms with Gasteiger partial charge in [0.2, 0.25) is 0 Å². The number of hydrogen-bond acceptors (Lipinski definition) is 5. The summed E-state index contributed by atoms with van der Waals surface area (Å²) in [4.78, 5) is 15.7. The van der Waals surface area contributed by atoms with Crippen LogP contribution in [0.5, 0.6) is 0 Å². The number of aromatic nitrogens is 1. The second kappa shape index (κ2) is 4.94. The van der Waals surface area contributed by atoms with Gasteiger partial charge in [0.1, 0.15) is 5.69 Å². The fraction of sp³-hybridized carbons (Fsp3) is 0.0909. The fourth-order valence-corrected chi connectivity index (χ4v) is 1.91. The maximum atomic E-state index is 11.7. The predicted octanol–water partition coefficient (Wildman–Crippen LogP) is 1.44. The van der Waals surface area contributed by atoms with Crippen molar-refractivity contribution in [2.75, 3.05) is 11.1 Å². The molecule has 0 saturated heterocycles. The van der Waals surface area contributed by atoms with Gasteiger partial charge in [-0.2, -0.15) is 0 Å². The van der Waals surface area contributed by atoms with Crippen LogP contribution in [0.3, 0.4) is 0 Å². The van der Waals surface area contributed by atoms with Gasteiger partial charge in [-0.3, -0.25) is 4.79 Å². The first kappa shape index (κ1) is 11.6. The van der Waals surface area contributed by atoms with Crippen molar-refractivity contribution in [3.63, 3.8) is 0 Å². The van der Waals surface area contributed by atoms with Crippen LogP contribution in [0.15, 0.2) is 29.1 Å². The molecule has 5 N–H and O–H groups in total. The van der Waals surface area contributed by atoms with Gasteiger partial charge in [0, 0.05) is 23.3 Å². The van der Waals surface area contributed by atoms with Crippen LogP contribution in [0, 0.1) is 0 Å². The van der Waals surface area contributed by atoms with Crippen molar-refractivity contribution in [3.05, 3.63) is 40.3 Å². The van der Waals surface area contributed by atoms with Crippen molar-refractivity contribution in [2.45, 2.75) is 6.54 Å². The highest BCUT2D eigenvalue weighted by molar-refractivity contribution is 7.07. The number of nitrogens with two attached hydrogens (primary N) is 2. The molecule has 6 heteroatoms. The number of nitrogens with one attached hydrogen (secondary N) is 1. The summed E-state index contributed by atoms with van der Waals surface area (Å²) >= 11 is 1.38. The van der Waals surface area contributed by atoms with Gasteiger partial charge < -0.3 is 16.8 Å². The predicted molar refractivity (Wildman–Crippen MR) is 68.8 cm³/mol. The molecule has 0 spiro atoms.